The monoisotopic (exact) mass is 324 g/mol. The van der Waals surface area contributed by atoms with Crippen molar-refractivity contribution in [2.75, 3.05) is 32.4 Å². The van der Waals surface area contributed by atoms with Crippen molar-refractivity contribution >= 4 is 15.9 Å². The lowest BCUT2D eigenvalue weighted by molar-refractivity contribution is -0.130. The Morgan fingerprint density at radius 1 is 1.09 bits per heavy atom. The van der Waals surface area contributed by atoms with Crippen molar-refractivity contribution in [2.45, 2.75) is 26.7 Å². The predicted octanol–water partition coefficient (Wildman–Crippen LogP) is 1.34. The van der Waals surface area contributed by atoms with Gasteiger partial charge in [0.1, 0.15) is 0 Å². The van der Waals surface area contributed by atoms with Gasteiger partial charge in [-0.3, -0.25) is 4.79 Å². The molecule has 1 saturated heterocycles. The van der Waals surface area contributed by atoms with Crippen LogP contribution in [0.15, 0.2) is 18.2 Å². The molecule has 22 heavy (non-hydrogen) atoms. The molecule has 122 valence electrons. The summed E-state index contributed by atoms with van der Waals surface area (Å²) in [4.78, 5) is 14.2. The first-order valence-electron chi connectivity index (χ1n) is 7.56. The Bertz CT molecular complexity index is 655. The van der Waals surface area contributed by atoms with Crippen molar-refractivity contribution < 1.29 is 13.2 Å². The van der Waals surface area contributed by atoms with E-state index in [0.717, 1.165) is 5.56 Å². The van der Waals surface area contributed by atoms with E-state index in [0.29, 0.717) is 39.0 Å². The molecule has 1 fully saturated rings. The Morgan fingerprint density at radius 2 is 1.82 bits per heavy atom. The molecule has 1 aliphatic rings. The number of carbonyl (C=O) groups excluding carboxylic acids is 1. The van der Waals surface area contributed by atoms with Crippen LogP contribution in [0.1, 0.15) is 23.1 Å². The standard InChI is InChI=1S/C16H24N2O3S/c1-13-5-6-15(11-14(13)2)12-16(19)17-7-4-8-18(10-9-17)22(3,20)21/h5-6,11H,4,7-10,12H2,1-3H3. The predicted molar refractivity (Wildman–Crippen MR) is 87.2 cm³/mol. The van der Waals surface area contributed by atoms with Gasteiger partial charge in [0.25, 0.3) is 0 Å². The highest BCUT2D eigenvalue weighted by molar-refractivity contribution is 7.88. The quantitative estimate of drug-likeness (QED) is 0.843. The van der Waals surface area contributed by atoms with Gasteiger partial charge >= 0.3 is 0 Å². The molecular weight excluding hydrogens is 300 g/mol. The largest absolute Gasteiger partial charge is 0.341 e. The summed E-state index contributed by atoms with van der Waals surface area (Å²) in [5, 5.41) is 0. The van der Waals surface area contributed by atoms with E-state index in [9.17, 15) is 13.2 Å². The number of rotatable bonds is 3. The molecule has 1 aliphatic heterocycles. The maximum absolute atomic E-state index is 12.4. The van der Waals surface area contributed by atoms with Gasteiger partial charge in [-0.2, -0.15) is 0 Å². The number of hydrogen-bond acceptors (Lipinski definition) is 3. The smallest absolute Gasteiger partial charge is 0.227 e. The lowest BCUT2D eigenvalue weighted by Crippen LogP contribution is -2.37. The summed E-state index contributed by atoms with van der Waals surface area (Å²) in [6.07, 6.45) is 2.28. The van der Waals surface area contributed by atoms with Gasteiger partial charge in [0, 0.05) is 26.2 Å². The Balaban J connectivity index is 1.99. The van der Waals surface area contributed by atoms with Gasteiger partial charge in [-0.05, 0) is 37.0 Å². The molecule has 0 unspecified atom stereocenters. The molecule has 0 saturated carbocycles. The van der Waals surface area contributed by atoms with Crippen LogP contribution in [0.25, 0.3) is 0 Å². The van der Waals surface area contributed by atoms with Crippen LogP contribution in [0.2, 0.25) is 0 Å². The molecule has 1 aromatic carbocycles. The summed E-state index contributed by atoms with van der Waals surface area (Å²) in [6, 6.07) is 6.07. The molecule has 1 heterocycles. The highest BCUT2D eigenvalue weighted by Crippen LogP contribution is 2.13. The zero-order valence-electron chi connectivity index (χ0n) is 13.5. The maximum atomic E-state index is 12.4. The van der Waals surface area contributed by atoms with Crippen molar-refractivity contribution in [3.05, 3.63) is 34.9 Å². The zero-order chi connectivity index (χ0) is 16.3. The summed E-state index contributed by atoms with van der Waals surface area (Å²) >= 11 is 0. The molecule has 0 N–H and O–H groups in total. The van der Waals surface area contributed by atoms with Crippen molar-refractivity contribution in [3.8, 4) is 0 Å². The zero-order valence-corrected chi connectivity index (χ0v) is 14.3. The van der Waals surface area contributed by atoms with E-state index in [1.54, 1.807) is 4.90 Å². The lowest BCUT2D eigenvalue weighted by atomic mass is 10.0. The minimum Gasteiger partial charge on any atom is -0.341 e. The molecule has 1 aromatic rings. The Hall–Kier alpha value is -1.40. The van der Waals surface area contributed by atoms with E-state index in [1.165, 1.54) is 21.7 Å². The number of carbonyl (C=O) groups is 1. The van der Waals surface area contributed by atoms with E-state index >= 15 is 0 Å². The maximum Gasteiger partial charge on any atom is 0.227 e. The van der Waals surface area contributed by atoms with Crippen molar-refractivity contribution in [1.82, 2.24) is 9.21 Å². The fourth-order valence-electron chi connectivity index (χ4n) is 2.67. The summed E-state index contributed by atoms with van der Waals surface area (Å²) < 4.78 is 24.7. The van der Waals surface area contributed by atoms with Crippen molar-refractivity contribution in [1.29, 1.82) is 0 Å². The SMILES string of the molecule is Cc1ccc(CC(=O)N2CCCN(S(C)(=O)=O)CC2)cc1C. The van der Waals surface area contributed by atoms with E-state index in [2.05, 4.69) is 6.92 Å². The Labute approximate surface area is 133 Å². The van der Waals surface area contributed by atoms with Crippen LogP contribution < -0.4 is 0 Å². The average Bonchev–Trinajstić information content (AvgIpc) is 2.68. The first kappa shape index (κ1) is 17.0. The second kappa shape index (κ2) is 6.79. The second-order valence-corrected chi connectivity index (χ2v) is 7.97. The molecule has 2 rings (SSSR count). The first-order valence-corrected chi connectivity index (χ1v) is 9.41. The fourth-order valence-corrected chi connectivity index (χ4v) is 3.55. The van der Waals surface area contributed by atoms with Crippen molar-refractivity contribution in [2.24, 2.45) is 0 Å². The third-order valence-electron chi connectivity index (χ3n) is 4.20. The van der Waals surface area contributed by atoms with E-state index in [1.807, 2.05) is 25.1 Å². The van der Waals surface area contributed by atoms with E-state index in [-0.39, 0.29) is 5.91 Å². The minimum absolute atomic E-state index is 0.0682. The number of sulfonamides is 1. The Kier molecular flexibility index (Phi) is 5.24. The van der Waals surface area contributed by atoms with Gasteiger partial charge in [0.2, 0.25) is 15.9 Å². The summed E-state index contributed by atoms with van der Waals surface area (Å²) in [5.41, 5.74) is 3.41. The number of aryl methyl sites for hydroxylation is 2. The molecule has 0 bridgehead atoms. The number of nitrogens with zero attached hydrogens (tertiary/aromatic N) is 2. The van der Waals surface area contributed by atoms with Crippen LogP contribution in [0.5, 0.6) is 0 Å². The molecule has 1 amide bonds. The van der Waals surface area contributed by atoms with Crippen LogP contribution in [-0.2, 0) is 21.2 Å². The third kappa shape index (κ3) is 4.30. The topological polar surface area (TPSA) is 57.7 Å². The summed E-state index contributed by atoms with van der Waals surface area (Å²) in [5.74, 6) is 0.0682. The Morgan fingerprint density at radius 3 is 2.45 bits per heavy atom. The van der Waals surface area contributed by atoms with Crippen LogP contribution in [0.4, 0.5) is 0 Å². The molecule has 5 nitrogen and oxygen atoms in total. The minimum atomic E-state index is -3.17. The van der Waals surface area contributed by atoms with Crippen molar-refractivity contribution in [3.63, 3.8) is 0 Å². The average molecular weight is 324 g/mol. The normalized spacial score (nSPS) is 17.3. The number of hydrogen-bond donors (Lipinski definition) is 0. The first-order chi connectivity index (χ1) is 10.3. The number of benzene rings is 1. The van der Waals surface area contributed by atoms with Crippen LogP contribution in [-0.4, -0.2) is 56.0 Å². The van der Waals surface area contributed by atoms with Crippen LogP contribution >= 0.6 is 0 Å². The van der Waals surface area contributed by atoms with E-state index in [4.69, 9.17) is 0 Å². The van der Waals surface area contributed by atoms with E-state index < -0.39 is 10.0 Å². The molecule has 6 heteroatoms. The molecule has 0 spiro atoms. The molecule has 0 atom stereocenters. The lowest BCUT2D eigenvalue weighted by Gasteiger charge is -2.21. The van der Waals surface area contributed by atoms with Crippen LogP contribution in [0.3, 0.4) is 0 Å². The molecular formula is C16H24N2O3S. The van der Waals surface area contributed by atoms with Gasteiger partial charge in [0.15, 0.2) is 0 Å². The summed E-state index contributed by atoms with van der Waals surface area (Å²) in [7, 11) is -3.17. The highest BCUT2D eigenvalue weighted by Gasteiger charge is 2.23. The van der Waals surface area contributed by atoms with Gasteiger partial charge in [-0.1, -0.05) is 18.2 Å². The third-order valence-corrected chi connectivity index (χ3v) is 5.51. The fraction of sp³-hybridized carbons (Fsp3) is 0.562. The summed E-state index contributed by atoms with van der Waals surface area (Å²) in [6.45, 7) is 6.06. The number of amides is 1. The molecule has 0 radical (unpaired) electrons. The molecule has 0 aromatic heterocycles. The molecule has 0 aliphatic carbocycles. The van der Waals surface area contributed by atoms with Gasteiger partial charge in [-0.25, -0.2) is 12.7 Å². The van der Waals surface area contributed by atoms with Gasteiger partial charge in [-0.15, -0.1) is 0 Å². The second-order valence-electron chi connectivity index (χ2n) is 5.99. The highest BCUT2D eigenvalue weighted by atomic mass is 32.2. The van der Waals surface area contributed by atoms with Gasteiger partial charge in [0.05, 0.1) is 12.7 Å². The van der Waals surface area contributed by atoms with Gasteiger partial charge < -0.3 is 4.90 Å². The van der Waals surface area contributed by atoms with Crippen LogP contribution in [0, 0.1) is 13.8 Å².